The molecule has 0 aromatic heterocycles. The lowest BCUT2D eigenvalue weighted by atomic mass is 9.38. The van der Waals surface area contributed by atoms with Crippen LogP contribution in [0.25, 0.3) is 0 Å². The Kier molecular flexibility index (Phi) is 7.91. The van der Waals surface area contributed by atoms with E-state index in [0.717, 1.165) is 37.7 Å². The number of aliphatic hydroxyl groups excluding tert-OH is 4. The molecule has 5 fully saturated rings. The molecule has 2 aliphatic heterocycles. The van der Waals surface area contributed by atoms with Crippen molar-refractivity contribution in [2.45, 2.75) is 129 Å². The van der Waals surface area contributed by atoms with Crippen LogP contribution >= 0.6 is 0 Å². The van der Waals surface area contributed by atoms with E-state index in [-0.39, 0.29) is 28.6 Å². The number of hydrogen-bond donors (Lipinski definition) is 4. The van der Waals surface area contributed by atoms with Crippen LogP contribution in [0.15, 0.2) is 36.5 Å². The zero-order chi connectivity index (χ0) is 32.0. The first-order valence-corrected chi connectivity index (χ1v) is 16.8. The lowest BCUT2D eigenvalue weighted by Crippen LogP contribution is -2.66. The number of rotatable bonds is 7. The van der Waals surface area contributed by atoms with Crippen LogP contribution in [0.4, 0.5) is 0 Å². The summed E-state index contributed by atoms with van der Waals surface area (Å²) >= 11 is 0. The molecule has 1 unspecified atom stereocenters. The van der Waals surface area contributed by atoms with Gasteiger partial charge in [-0.15, -0.1) is 0 Å². The zero-order valence-electron chi connectivity index (χ0n) is 27.4. The van der Waals surface area contributed by atoms with Crippen molar-refractivity contribution >= 4 is 5.97 Å². The first-order valence-electron chi connectivity index (χ1n) is 16.8. The van der Waals surface area contributed by atoms with Crippen LogP contribution in [-0.2, 0) is 19.0 Å². The van der Waals surface area contributed by atoms with Gasteiger partial charge in [-0.1, -0.05) is 65.0 Å². The number of carbonyl (C=O) groups excluding carboxylic acids is 1. The van der Waals surface area contributed by atoms with Gasteiger partial charge in [-0.3, -0.25) is 4.79 Å². The van der Waals surface area contributed by atoms with E-state index in [1.54, 1.807) is 0 Å². The largest absolute Gasteiger partial charge is 0.453 e. The van der Waals surface area contributed by atoms with E-state index in [9.17, 15) is 25.2 Å². The molecule has 0 aromatic rings. The van der Waals surface area contributed by atoms with E-state index in [1.807, 2.05) is 6.92 Å². The third-order valence-electron chi connectivity index (χ3n) is 14.0. The second-order valence-corrected chi connectivity index (χ2v) is 16.2. The van der Waals surface area contributed by atoms with E-state index in [2.05, 4.69) is 65.5 Å². The second-order valence-electron chi connectivity index (χ2n) is 16.2. The Morgan fingerprint density at radius 2 is 1.80 bits per heavy atom. The fourth-order valence-corrected chi connectivity index (χ4v) is 11.2. The van der Waals surface area contributed by atoms with E-state index in [0.29, 0.717) is 18.3 Å². The first-order chi connectivity index (χ1) is 20.6. The minimum Gasteiger partial charge on any atom is -0.453 e. The summed E-state index contributed by atoms with van der Waals surface area (Å²) in [6.07, 6.45) is 8.21. The monoisotopic (exact) mass is 614 g/mol. The molecule has 246 valence electrons. The Balaban J connectivity index is 1.29. The molecule has 2 saturated heterocycles. The Hall–Kier alpha value is -1.55. The van der Waals surface area contributed by atoms with Crippen LogP contribution in [0.2, 0.25) is 0 Å². The van der Waals surface area contributed by atoms with Gasteiger partial charge in [0.2, 0.25) is 0 Å². The molecule has 14 atom stereocenters. The lowest BCUT2D eigenvalue weighted by molar-refractivity contribution is -0.329. The van der Waals surface area contributed by atoms with Crippen molar-refractivity contribution in [1.29, 1.82) is 0 Å². The fraction of sp³-hybridized carbons (Fsp3) is 0.806. The fourth-order valence-electron chi connectivity index (χ4n) is 11.2. The lowest BCUT2D eigenvalue weighted by Gasteiger charge is -2.63. The summed E-state index contributed by atoms with van der Waals surface area (Å²) in [5.74, 6) is 1.16. The molecule has 4 aliphatic carbocycles. The van der Waals surface area contributed by atoms with Gasteiger partial charge in [-0.05, 0) is 86.5 Å². The highest BCUT2D eigenvalue weighted by atomic mass is 16.7. The molecule has 6 rings (SSSR count). The normalized spacial score (nSPS) is 51.4. The van der Waals surface area contributed by atoms with Crippen molar-refractivity contribution in [2.75, 3.05) is 6.61 Å². The molecule has 0 amide bonds. The summed E-state index contributed by atoms with van der Waals surface area (Å²) in [6, 6.07) is 0. The number of carbonyl (C=O) groups is 1. The standard InChI is InChI=1S/C36H54O8/c1-20(2)9-8-10-21(3)22-13-15-34(7)24-14-16-36-25(35(24,31(41)44-36)18-17-33(22,34)6)11-12-26(32(36,4)5)43-30-29(40)28(39)27(38)23(19-37)42-30/h8-9,14,16,21-30,37-40H,1,10-13,15,17-19H2,2-7H3/b9-8+/t21-,22-,23-,24+,25+,26+,27-,28+,29-,30+,33-,34+,35?,36+/m1/s1. The molecule has 2 bridgehead atoms. The summed E-state index contributed by atoms with van der Waals surface area (Å²) in [5.41, 5.74) is -0.939. The molecule has 8 nitrogen and oxygen atoms in total. The quantitative estimate of drug-likeness (QED) is 0.188. The molecular weight excluding hydrogens is 560 g/mol. The van der Waals surface area contributed by atoms with Gasteiger partial charge in [0.1, 0.15) is 30.0 Å². The molecule has 4 N–H and O–H groups in total. The number of ether oxygens (including phenoxy) is 3. The summed E-state index contributed by atoms with van der Waals surface area (Å²) in [7, 11) is 0. The van der Waals surface area contributed by atoms with Gasteiger partial charge in [0, 0.05) is 11.3 Å². The van der Waals surface area contributed by atoms with Crippen LogP contribution in [0.1, 0.15) is 86.5 Å². The summed E-state index contributed by atoms with van der Waals surface area (Å²) in [5, 5.41) is 41.0. The SMILES string of the molecule is C=C(C)/C=C/C[C@@H](C)[C@H]1CC[C@@]2(C)[C@@H]3C=C[C@]45OC(=O)C3(CC[C@]12C)[C@@H]4CC[C@H](O[C@@H]1O[C@H](CO)[C@@H](O)[C@H](O)[C@H]1O)C5(C)C. The van der Waals surface area contributed by atoms with Crippen LogP contribution in [0.5, 0.6) is 0 Å². The minimum absolute atomic E-state index is 0.0125. The van der Waals surface area contributed by atoms with Gasteiger partial charge < -0.3 is 34.6 Å². The average molecular weight is 615 g/mol. The van der Waals surface area contributed by atoms with Crippen molar-refractivity contribution < 1.29 is 39.4 Å². The van der Waals surface area contributed by atoms with Crippen molar-refractivity contribution in [3.63, 3.8) is 0 Å². The predicted molar refractivity (Wildman–Crippen MR) is 165 cm³/mol. The topological polar surface area (TPSA) is 126 Å². The van der Waals surface area contributed by atoms with E-state index >= 15 is 0 Å². The molecular formula is C36H54O8. The molecule has 44 heavy (non-hydrogen) atoms. The Bertz CT molecular complexity index is 1220. The molecule has 0 radical (unpaired) electrons. The Morgan fingerprint density at radius 1 is 1.07 bits per heavy atom. The smallest absolute Gasteiger partial charge is 0.314 e. The summed E-state index contributed by atoms with van der Waals surface area (Å²) in [6.45, 7) is 17.0. The van der Waals surface area contributed by atoms with Crippen LogP contribution in [0.3, 0.4) is 0 Å². The van der Waals surface area contributed by atoms with Gasteiger partial charge in [0.25, 0.3) is 0 Å². The zero-order valence-corrected chi connectivity index (χ0v) is 27.4. The Morgan fingerprint density at radius 3 is 2.48 bits per heavy atom. The van der Waals surface area contributed by atoms with Gasteiger partial charge in [0.15, 0.2) is 6.29 Å². The van der Waals surface area contributed by atoms with Gasteiger partial charge in [-0.2, -0.15) is 0 Å². The van der Waals surface area contributed by atoms with E-state index in [4.69, 9.17) is 14.2 Å². The van der Waals surface area contributed by atoms with Crippen molar-refractivity contribution in [1.82, 2.24) is 0 Å². The highest BCUT2D eigenvalue weighted by Gasteiger charge is 2.79. The number of hydrogen-bond acceptors (Lipinski definition) is 8. The number of esters is 1. The highest BCUT2D eigenvalue weighted by Crippen LogP contribution is 2.78. The first kappa shape index (κ1) is 32.4. The number of aliphatic hydroxyl groups is 4. The molecule has 6 aliphatic rings. The van der Waals surface area contributed by atoms with E-state index in [1.165, 1.54) is 6.42 Å². The second kappa shape index (κ2) is 10.7. The highest BCUT2D eigenvalue weighted by molar-refractivity contribution is 5.83. The third-order valence-corrected chi connectivity index (χ3v) is 14.0. The Labute approximate surface area is 262 Å². The number of fused-ring (bicyclic) bond motifs is 2. The maximum atomic E-state index is 14.4. The molecule has 1 spiro atoms. The van der Waals surface area contributed by atoms with Crippen LogP contribution in [-0.4, -0.2) is 75.4 Å². The number of allylic oxidation sites excluding steroid dienone is 4. The van der Waals surface area contributed by atoms with Gasteiger partial charge in [0.05, 0.1) is 18.1 Å². The maximum absolute atomic E-state index is 14.4. The molecule has 8 heteroatoms. The molecule has 0 aromatic carbocycles. The predicted octanol–water partition coefficient (Wildman–Crippen LogP) is 4.45. The van der Waals surface area contributed by atoms with Gasteiger partial charge in [-0.25, -0.2) is 0 Å². The molecule has 3 saturated carbocycles. The van der Waals surface area contributed by atoms with E-state index < -0.39 is 59.8 Å². The van der Waals surface area contributed by atoms with Crippen molar-refractivity contribution in [2.24, 2.45) is 45.3 Å². The third kappa shape index (κ3) is 4.13. The van der Waals surface area contributed by atoms with Crippen LogP contribution in [0, 0.1) is 45.3 Å². The minimum atomic E-state index is -1.51. The summed E-state index contributed by atoms with van der Waals surface area (Å²) < 4.78 is 18.7. The maximum Gasteiger partial charge on any atom is 0.314 e. The van der Waals surface area contributed by atoms with Crippen LogP contribution < -0.4 is 0 Å². The summed E-state index contributed by atoms with van der Waals surface area (Å²) in [4.78, 5) is 14.4. The van der Waals surface area contributed by atoms with Crippen molar-refractivity contribution in [3.8, 4) is 0 Å². The van der Waals surface area contributed by atoms with Crippen molar-refractivity contribution in [3.05, 3.63) is 36.5 Å². The van der Waals surface area contributed by atoms with Gasteiger partial charge >= 0.3 is 5.97 Å². The molecule has 2 heterocycles. The average Bonchev–Trinajstić information content (AvgIpc) is 3.33.